The summed E-state index contributed by atoms with van der Waals surface area (Å²) >= 11 is 9.30. The fourth-order valence-corrected chi connectivity index (χ4v) is 3.14. The lowest BCUT2D eigenvalue weighted by molar-refractivity contribution is -0.146. The molecule has 1 atom stereocenters. The molecule has 0 saturated carbocycles. The van der Waals surface area contributed by atoms with Crippen molar-refractivity contribution in [3.8, 4) is 0 Å². The second-order valence-electron chi connectivity index (χ2n) is 6.01. The predicted molar refractivity (Wildman–Crippen MR) is 108 cm³/mol. The number of ether oxygens (including phenoxy) is 1. The van der Waals surface area contributed by atoms with Gasteiger partial charge in [-0.3, -0.25) is 4.79 Å². The highest BCUT2D eigenvalue weighted by molar-refractivity contribution is 9.10. The van der Waals surface area contributed by atoms with Gasteiger partial charge in [-0.25, -0.2) is 9.59 Å². The molecule has 0 bridgehead atoms. The van der Waals surface area contributed by atoms with E-state index in [-0.39, 0.29) is 17.2 Å². The van der Waals surface area contributed by atoms with Crippen LogP contribution in [0.15, 0.2) is 62.2 Å². The first-order valence-electron chi connectivity index (χ1n) is 8.29. The number of amides is 1. The third-order valence-corrected chi connectivity index (χ3v) is 4.80. The lowest BCUT2D eigenvalue weighted by atomic mass is 10.1. The summed E-state index contributed by atoms with van der Waals surface area (Å²) in [5.74, 6) is -1.12. The third-order valence-electron chi connectivity index (χ3n) is 3.98. The molecule has 28 heavy (non-hydrogen) atoms. The van der Waals surface area contributed by atoms with Crippen molar-refractivity contribution in [1.82, 2.24) is 5.32 Å². The first kappa shape index (κ1) is 20.1. The molecular formula is C20H15BrClNO5. The van der Waals surface area contributed by atoms with Gasteiger partial charge < -0.3 is 14.5 Å². The van der Waals surface area contributed by atoms with E-state index in [1.165, 1.54) is 13.0 Å². The monoisotopic (exact) mass is 463 g/mol. The maximum Gasteiger partial charge on any atom is 0.336 e. The van der Waals surface area contributed by atoms with Crippen molar-refractivity contribution in [2.45, 2.75) is 19.6 Å². The van der Waals surface area contributed by atoms with Crippen LogP contribution < -0.4 is 10.9 Å². The minimum atomic E-state index is -0.899. The highest BCUT2D eigenvalue weighted by Crippen LogP contribution is 2.22. The van der Waals surface area contributed by atoms with Gasteiger partial charge in [-0.15, -0.1) is 0 Å². The molecule has 144 valence electrons. The van der Waals surface area contributed by atoms with Gasteiger partial charge in [0.2, 0.25) is 0 Å². The summed E-state index contributed by atoms with van der Waals surface area (Å²) in [5, 5.41) is 3.49. The van der Waals surface area contributed by atoms with Crippen molar-refractivity contribution < 1.29 is 18.7 Å². The molecule has 1 amide bonds. The van der Waals surface area contributed by atoms with E-state index in [0.717, 1.165) is 4.47 Å². The highest BCUT2D eigenvalue weighted by atomic mass is 79.9. The Morgan fingerprint density at radius 1 is 1.21 bits per heavy atom. The quantitative estimate of drug-likeness (QED) is 0.454. The van der Waals surface area contributed by atoms with E-state index in [9.17, 15) is 14.4 Å². The summed E-state index contributed by atoms with van der Waals surface area (Å²) in [6.45, 7) is 1.38. The summed E-state index contributed by atoms with van der Waals surface area (Å²) in [6.07, 6.45) is 0. The Morgan fingerprint density at radius 3 is 2.71 bits per heavy atom. The minimum absolute atomic E-state index is 0.130. The Hall–Kier alpha value is -2.64. The number of nitrogens with one attached hydrogen (secondary N) is 1. The third kappa shape index (κ3) is 4.61. The number of carbonyl (C=O) groups excluding carboxylic acids is 2. The number of benzene rings is 2. The number of esters is 1. The van der Waals surface area contributed by atoms with Crippen LogP contribution in [0.3, 0.4) is 0 Å². The van der Waals surface area contributed by atoms with Crippen LogP contribution in [0.5, 0.6) is 0 Å². The van der Waals surface area contributed by atoms with Crippen molar-refractivity contribution in [1.29, 1.82) is 0 Å². The molecule has 8 heteroatoms. The Morgan fingerprint density at radius 2 is 1.96 bits per heavy atom. The van der Waals surface area contributed by atoms with Gasteiger partial charge in [0.05, 0.1) is 10.6 Å². The minimum Gasteiger partial charge on any atom is -0.459 e. The molecule has 0 aliphatic heterocycles. The van der Waals surface area contributed by atoms with Gasteiger partial charge in [-0.1, -0.05) is 39.7 Å². The van der Waals surface area contributed by atoms with Gasteiger partial charge in [0.25, 0.3) is 5.91 Å². The number of hydrogen-bond donors (Lipinski definition) is 1. The van der Waals surface area contributed by atoms with E-state index >= 15 is 0 Å². The number of carbonyl (C=O) groups is 2. The van der Waals surface area contributed by atoms with Gasteiger partial charge in [0.15, 0.2) is 0 Å². The topological polar surface area (TPSA) is 85.6 Å². The van der Waals surface area contributed by atoms with E-state index in [1.807, 2.05) is 0 Å². The molecular weight excluding hydrogens is 450 g/mol. The second-order valence-corrected chi connectivity index (χ2v) is 7.34. The van der Waals surface area contributed by atoms with Crippen molar-refractivity contribution in [3.63, 3.8) is 0 Å². The van der Waals surface area contributed by atoms with E-state index in [4.69, 9.17) is 20.8 Å². The van der Waals surface area contributed by atoms with E-state index in [0.29, 0.717) is 16.5 Å². The SMILES string of the molecule is C[C@H](NC(=O)c1ccccc1Cl)C(=O)OCc1cc(=O)oc2cc(Br)ccc12. The summed E-state index contributed by atoms with van der Waals surface area (Å²) in [7, 11) is 0. The molecule has 3 rings (SSSR count). The zero-order valence-electron chi connectivity index (χ0n) is 14.7. The molecule has 0 aliphatic carbocycles. The molecule has 1 N–H and O–H groups in total. The molecule has 1 heterocycles. The Kier molecular flexibility index (Phi) is 6.16. The van der Waals surface area contributed by atoms with Crippen LogP contribution in [-0.4, -0.2) is 17.9 Å². The summed E-state index contributed by atoms with van der Waals surface area (Å²) in [6, 6.07) is 12.1. The first-order valence-corrected chi connectivity index (χ1v) is 9.46. The predicted octanol–water partition coefficient (Wildman–Crippen LogP) is 4.07. The molecule has 1 aromatic heterocycles. The van der Waals surface area contributed by atoms with Crippen LogP contribution in [0.4, 0.5) is 0 Å². The number of rotatable bonds is 5. The van der Waals surface area contributed by atoms with Crippen LogP contribution >= 0.6 is 27.5 Å². The van der Waals surface area contributed by atoms with Crippen LogP contribution in [0.2, 0.25) is 5.02 Å². The fraction of sp³-hybridized carbons (Fsp3) is 0.150. The number of fused-ring (bicyclic) bond motifs is 1. The maximum atomic E-state index is 12.3. The second kappa shape index (κ2) is 8.58. The zero-order chi connectivity index (χ0) is 20.3. The average Bonchev–Trinajstić information content (AvgIpc) is 2.65. The fourth-order valence-electron chi connectivity index (χ4n) is 2.58. The molecule has 0 fully saturated rings. The summed E-state index contributed by atoms with van der Waals surface area (Å²) < 4.78 is 11.2. The van der Waals surface area contributed by atoms with Gasteiger partial charge >= 0.3 is 11.6 Å². The van der Waals surface area contributed by atoms with Gasteiger partial charge in [-0.05, 0) is 37.3 Å². The molecule has 0 radical (unpaired) electrons. The summed E-state index contributed by atoms with van der Waals surface area (Å²) in [4.78, 5) is 36.2. The van der Waals surface area contributed by atoms with Crippen molar-refractivity contribution >= 4 is 50.4 Å². The van der Waals surface area contributed by atoms with Gasteiger partial charge in [-0.2, -0.15) is 0 Å². The standard InChI is InChI=1S/C20H15BrClNO5/c1-11(23-19(25)15-4-2-3-5-16(15)22)20(26)27-10-12-8-18(24)28-17-9-13(21)6-7-14(12)17/h2-9,11H,10H2,1H3,(H,23,25)/t11-/m0/s1. The molecule has 0 unspecified atom stereocenters. The average molecular weight is 465 g/mol. The lowest BCUT2D eigenvalue weighted by Gasteiger charge is -2.14. The van der Waals surface area contributed by atoms with Gasteiger partial charge in [0, 0.05) is 21.5 Å². The van der Waals surface area contributed by atoms with E-state index < -0.39 is 23.5 Å². The van der Waals surface area contributed by atoms with Crippen molar-refractivity contribution in [2.24, 2.45) is 0 Å². The normalized spacial score (nSPS) is 11.8. The Balaban J connectivity index is 1.69. The lowest BCUT2D eigenvalue weighted by Crippen LogP contribution is -2.39. The van der Waals surface area contributed by atoms with Crippen LogP contribution in [0.1, 0.15) is 22.8 Å². The molecule has 3 aromatic rings. The highest BCUT2D eigenvalue weighted by Gasteiger charge is 2.20. The molecule has 0 spiro atoms. The number of hydrogen-bond acceptors (Lipinski definition) is 5. The van der Waals surface area contributed by atoms with E-state index in [2.05, 4.69) is 21.2 Å². The maximum absolute atomic E-state index is 12.3. The zero-order valence-corrected chi connectivity index (χ0v) is 17.0. The molecule has 0 saturated heterocycles. The molecule has 6 nitrogen and oxygen atoms in total. The molecule has 0 aliphatic rings. The Bertz CT molecular complexity index is 1110. The molecule has 2 aromatic carbocycles. The van der Waals surface area contributed by atoms with Gasteiger partial charge in [0.1, 0.15) is 18.2 Å². The van der Waals surface area contributed by atoms with Crippen LogP contribution in [0.25, 0.3) is 11.0 Å². The first-order chi connectivity index (χ1) is 13.3. The summed E-state index contributed by atoms with van der Waals surface area (Å²) in [5.41, 5.74) is 0.613. The van der Waals surface area contributed by atoms with E-state index in [1.54, 1.807) is 42.5 Å². The number of halogens is 2. The van der Waals surface area contributed by atoms with Crippen LogP contribution in [-0.2, 0) is 16.1 Å². The largest absolute Gasteiger partial charge is 0.459 e. The van der Waals surface area contributed by atoms with Crippen molar-refractivity contribution in [3.05, 3.63) is 79.6 Å². The van der Waals surface area contributed by atoms with Crippen molar-refractivity contribution in [2.75, 3.05) is 0 Å². The smallest absolute Gasteiger partial charge is 0.336 e. The van der Waals surface area contributed by atoms with Crippen LogP contribution in [0, 0.1) is 0 Å². The Labute approximate surface area is 173 Å².